The molecule has 6 nitrogen and oxygen atoms in total. The number of aromatic nitrogens is 1. The van der Waals surface area contributed by atoms with E-state index in [0.717, 1.165) is 36.2 Å². The number of benzene rings is 2. The molecule has 3 N–H and O–H groups in total. The summed E-state index contributed by atoms with van der Waals surface area (Å²) in [5.74, 6) is 1.80. The molecule has 0 saturated heterocycles. The van der Waals surface area contributed by atoms with Crippen LogP contribution in [-0.2, 0) is 11.2 Å². The van der Waals surface area contributed by atoms with E-state index in [1.807, 2.05) is 42.6 Å². The van der Waals surface area contributed by atoms with Crippen LogP contribution in [0.15, 0.2) is 59.7 Å². The van der Waals surface area contributed by atoms with Crippen molar-refractivity contribution >= 4 is 28.5 Å². The zero-order valence-corrected chi connectivity index (χ0v) is 18.7. The van der Waals surface area contributed by atoms with E-state index in [1.54, 1.807) is 7.11 Å². The van der Waals surface area contributed by atoms with Gasteiger partial charge in [0.15, 0.2) is 0 Å². The fourth-order valence-corrected chi connectivity index (χ4v) is 4.38. The van der Waals surface area contributed by atoms with E-state index in [0.29, 0.717) is 24.8 Å². The Morgan fingerprint density at radius 3 is 2.66 bits per heavy atom. The van der Waals surface area contributed by atoms with Gasteiger partial charge in [0.2, 0.25) is 11.9 Å². The number of rotatable bonds is 7. The number of H-pyrrole nitrogens is 1. The van der Waals surface area contributed by atoms with Crippen LogP contribution < -0.4 is 15.4 Å². The molecule has 6 heteroatoms. The molecular weight excluding hydrogens is 400 g/mol. The molecule has 1 heterocycles. The summed E-state index contributed by atoms with van der Waals surface area (Å²) in [5, 5.41) is 7.51. The zero-order valence-electron chi connectivity index (χ0n) is 18.7. The summed E-state index contributed by atoms with van der Waals surface area (Å²) in [5.41, 5.74) is 3.21. The van der Waals surface area contributed by atoms with Crippen LogP contribution in [0.4, 0.5) is 5.69 Å². The van der Waals surface area contributed by atoms with Gasteiger partial charge in [-0.1, -0.05) is 37.5 Å². The van der Waals surface area contributed by atoms with Crippen molar-refractivity contribution in [2.45, 2.75) is 44.9 Å². The van der Waals surface area contributed by atoms with Crippen LogP contribution in [0.2, 0.25) is 0 Å². The molecule has 32 heavy (non-hydrogen) atoms. The summed E-state index contributed by atoms with van der Waals surface area (Å²) < 4.78 is 5.23. The molecule has 4 rings (SSSR count). The maximum Gasteiger partial charge on any atom is 0.226 e. The average Bonchev–Trinajstić information content (AvgIpc) is 3.23. The number of ether oxygens (including phenoxy) is 1. The van der Waals surface area contributed by atoms with Gasteiger partial charge < -0.3 is 15.0 Å². The number of anilines is 1. The quantitative estimate of drug-likeness (QED) is 0.351. The van der Waals surface area contributed by atoms with E-state index in [9.17, 15) is 4.79 Å². The van der Waals surface area contributed by atoms with E-state index in [4.69, 9.17) is 9.73 Å². The molecule has 1 aliphatic carbocycles. The van der Waals surface area contributed by atoms with Crippen LogP contribution in [0.1, 0.15) is 44.1 Å². The lowest BCUT2D eigenvalue weighted by Crippen LogP contribution is -2.37. The van der Waals surface area contributed by atoms with Crippen molar-refractivity contribution in [2.24, 2.45) is 10.9 Å². The molecule has 1 aliphatic rings. The molecule has 1 amide bonds. The van der Waals surface area contributed by atoms with Crippen LogP contribution in [-0.4, -0.2) is 30.5 Å². The lowest BCUT2D eigenvalue weighted by Gasteiger charge is -2.21. The van der Waals surface area contributed by atoms with Gasteiger partial charge in [-0.2, -0.15) is 0 Å². The van der Waals surface area contributed by atoms with E-state index in [1.165, 1.54) is 30.2 Å². The Labute approximate surface area is 189 Å². The number of hydrogen-bond acceptors (Lipinski definition) is 3. The minimum Gasteiger partial charge on any atom is -0.497 e. The van der Waals surface area contributed by atoms with Gasteiger partial charge in [0.1, 0.15) is 5.75 Å². The molecule has 3 aromatic rings. The summed E-state index contributed by atoms with van der Waals surface area (Å²) >= 11 is 0. The number of guanidine groups is 1. The average molecular weight is 433 g/mol. The number of carbonyl (C=O) groups excluding carboxylic acids is 1. The number of nitrogens with zero attached hydrogens (tertiary/aromatic N) is 1. The van der Waals surface area contributed by atoms with E-state index < -0.39 is 0 Å². The maximum atomic E-state index is 12.7. The molecule has 1 saturated carbocycles. The van der Waals surface area contributed by atoms with E-state index >= 15 is 0 Å². The first-order valence-electron chi connectivity index (χ1n) is 11.5. The van der Waals surface area contributed by atoms with Gasteiger partial charge in [-0.05, 0) is 61.1 Å². The molecule has 168 valence electrons. The van der Waals surface area contributed by atoms with Crippen LogP contribution in [0.3, 0.4) is 0 Å². The third-order valence-electron chi connectivity index (χ3n) is 6.14. The molecule has 0 radical (unpaired) electrons. The molecule has 0 bridgehead atoms. The van der Waals surface area contributed by atoms with Crippen molar-refractivity contribution in [3.8, 4) is 5.75 Å². The van der Waals surface area contributed by atoms with Crippen molar-refractivity contribution in [3.05, 3.63) is 60.3 Å². The van der Waals surface area contributed by atoms with Gasteiger partial charge >= 0.3 is 0 Å². The molecule has 1 aromatic heterocycles. The van der Waals surface area contributed by atoms with Crippen LogP contribution in [0.25, 0.3) is 10.9 Å². The third-order valence-corrected chi connectivity index (χ3v) is 6.14. The fourth-order valence-electron chi connectivity index (χ4n) is 4.38. The predicted octanol–water partition coefficient (Wildman–Crippen LogP) is 5.27. The molecule has 0 unspecified atom stereocenters. The minimum absolute atomic E-state index is 0.0313. The number of methoxy groups -OCH3 is 1. The molecule has 2 aromatic carbocycles. The van der Waals surface area contributed by atoms with Gasteiger partial charge in [-0.15, -0.1) is 0 Å². The first-order valence-corrected chi connectivity index (χ1v) is 11.5. The Kier molecular flexibility index (Phi) is 7.43. The molecule has 0 atom stereocenters. The highest BCUT2D eigenvalue weighted by atomic mass is 16.5. The lowest BCUT2D eigenvalue weighted by molar-refractivity contribution is -0.120. The van der Waals surface area contributed by atoms with Crippen LogP contribution >= 0.6 is 0 Å². The largest absolute Gasteiger partial charge is 0.497 e. The Hall–Kier alpha value is -3.28. The van der Waals surface area contributed by atoms with Gasteiger partial charge in [0.25, 0.3) is 0 Å². The number of carbonyl (C=O) groups is 1. The maximum absolute atomic E-state index is 12.7. The number of aliphatic imine (C=N–C) groups is 1. The number of nitrogens with one attached hydrogen (secondary N) is 3. The summed E-state index contributed by atoms with van der Waals surface area (Å²) in [6.45, 7) is 0.573. The van der Waals surface area contributed by atoms with Crippen molar-refractivity contribution in [1.29, 1.82) is 0 Å². The summed E-state index contributed by atoms with van der Waals surface area (Å²) in [6.07, 6.45) is 9.43. The summed E-state index contributed by atoms with van der Waals surface area (Å²) in [7, 11) is 1.64. The number of amides is 1. The van der Waals surface area contributed by atoms with Gasteiger partial charge in [0.05, 0.1) is 7.11 Å². The second-order valence-electron chi connectivity index (χ2n) is 8.45. The SMILES string of the molecule is COc1ccc(NC(=NCCc2c[nH]c3ccccc23)NC(=O)CC2CCCCC2)cc1. The predicted molar refractivity (Wildman–Crippen MR) is 130 cm³/mol. The van der Waals surface area contributed by atoms with E-state index in [-0.39, 0.29) is 5.91 Å². The van der Waals surface area contributed by atoms with E-state index in [2.05, 4.69) is 27.8 Å². The van der Waals surface area contributed by atoms with Crippen molar-refractivity contribution in [1.82, 2.24) is 10.3 Å². The highest BCUT2D eigenvalue weighted by Crippen LogP contribution is 2.26. The lowest BCUT2D eigenvalue weighted by atomic mass is 9.87. The van der Waals surface area contributed by atoms with Gasteiger partial charge in [-0.3, -0.25) is 15.1 Å². The minimum atomic E-state index is 0.0313. The Balaban J connectivity index is 1.43. The number of para-hydroxylation sites is 1. The first kappa shape index (κ1) is 21.9. The topological polar surface area (TPSA) is 78.5 Å². The second-order valence-corrected chi connectivity index (χ2v) is 8.45. The highest BCUT2D eigenvalue weighted by Gasteiger charge is 2.18. The molecule has 0 aliphatic heterocycles. The Bertz CT molecular complexity index is 1050. The monoisotopic (exact) mass is 432 g/mol. The Morgan fingerprint density at radius 2 is 1.88 bits per heavy atom. The smallest absolute Gasteiger partial charge is 0.226 e. The number of aromatic amines is 1. The molecular formula is C26H32N4O2. The van der Waals surface area contributed by atoms with Gasteiger partial charge in [0, 0.05) is 35.8 Å². The standard InChI is InChI=1S/C26H32N4O2/c1-32-22-13-11-21(12-14-22)29-26(30-25(31)17-19-7-3-2-4-8-19)27-16-15-20-18-28-24-10-6-5-9-23(20)24/h5-6,9-14,18-19,28H,2-4,7-8,15-17H2,1H3,(H2,27,29,30,31). The molecule has 1 fully saturated rings. The number of hydrogen-bond donors (Lipinski definition) is 3. The van der Waals surface area contributed by atoms with Crippen molar-refractivity contribution < 1.29 is 9.53 Å². The zero-order chi connectivity index (χ0) is 22.2. The summed E-state index contributed by atoms with van der Waals surface area (Å²) in [4.78, 5) is 20.7. The first-order chi connectivity index (χ1) is 15.7. The third kappa shape index (κ3) is 5.90. The van der Waals surface area contributed by atoms with Crippen molar-refractivity contribution in [3.63, 3.8) is 0 Å². The molecule has 0 spiro atoms. The van der Waals surface area contributed by atoms with Crippen LogP contribution in [0.5, 0.6) is 5.75 Å². The fraction of sp³-hybridized carbons (Fsp3) is 0.385. The number of fused-ring (bicyclic) bond motifs is 1. The summed E-state index contributed by atoms with van der Waals surface area (Å²) in [6, 6.07) is 15.9. The van der Waals surface area contributed by atoms with Crippen LogP contribution in [0, 0.1) is 5.92 Å². The normalized spacial score (nSPS) is 15.0. The highest BCUT2D eigenvalue weighted by molar-refractivity contribution is 6.04. The van der Waals surface area contributed by atoms with Gasteiger partial charge in [-0.25, -0.2) is 0 Å². The van der Waals surface area contributed by atoms with Crippen molar-refractivity contribution in [2.75, 3.05) is 19.0 Å². The second kappa shape index (κ2) is 10.8. The Morgan fingerprint density at radius 1 is 1.09 bits per heavy atom.